The molecule has 104 valence electrons. The molecule has 3 nitrogen and oxygen atoms in total. The van der Waals surface area contributed by atoms with E-state index in [1.807, 2.05) is 46.9 Å². The normalized spacial score (nSPS) is 10.3. The number of amides is 1. The lowest BCUT2D eigenvalue weighted by atomic mass is 10.1. The van der Waals surface area contributed by atoms with Crippen molar-refractivity contribution in [1.29, 1.82) is 0 Å². The van der Waals surface area contributed by atoms with Crippen LogP contribution in [0, 0.1) is 9.39 Å². The number of carbonyl (C=O) groups is 1. The highest BCUT2D eigenvalue weighted by Gasteiger charge is 2.11. The number of carbonyl (C=O) groups excluding carboxylic acids is 1. The van der Waals surface area contributed by atoms with Crippen LogP contribution in [-0.2, 0) is 13.1 Å². The van der Waals surface area contributed by atoms with Crippen LogP contribution in [0.4, 0.5) is 4.39 Å². The van der Waals surface area contributed by atoms with E-state index < -0.39 is 0 Å². The van der Waals surface area contributed by atoms with Crippen LogP contribution < -0.4 is 11.1 Å². The van der Waals surface area contributed by atoms with Crippen LogP contribution in [0.2, 0.25) is 0 Å². The number of rotatable bonds is 4. The van der Waals surface area contributed by atoms with Crippen LogP contribution in [0.15, 0.2) is 42.5 Å². The van der Waals surface area contributed by atoms with Gasteiger partial charge in [0.2, 0.25) is 0 Å². The highest BCUT2D eigenvalue weighted by Crippen LogP contribution is 2.14. The molecule has 0 saturated carbocycles. The molecule has 0 saturated heterocycles. The number of nitrogens with one attached hydrogen (secondary N) is 1. The molecule has 0 fully saturated rings. The molecule has 0 atom stereocenters. The van der Waals surface area contributed by atoms with Crippen molar-refractivity contribution < 1.29 is 9.18 Å². The predicted octanol–water partition coefficient (Wildman–Crippen LogP) is 2.82. The largest absolute Gasteiger partial charge is 0.348 e. The summed E-state index contributed by atoms with van der Waals surface area (Å²) in [5.74, 6) is -0.569. The molecule has 0 radical (unpaired) electrons. The van der Waals surface area contributed by atoms with E-state index >= 15 is 0 Å². The zero-order valence-corrected chi connectivity index (χ0v) is 12.9. The molecule has 0 aliphatic carbocycles. The molecule has 0 aliphatic rings. The standard InChI is InChI=1S/C15H14FIN2O/c16-12-5-6-13(14(17)7-12)15(20)19-9-11-4-2-1-3-10(11)8-18/h1-7H,8-9,18H2,(H,19,20). The van der Waals surface area contributed by atoms with Gasteiger partial charge in [-0.05, 0) is 51.9 Å². The van der Waals surface area contributed by atoms with Crippen LogP contribution in [0.5, 0.6) is 0 Å². The molecule has 2 rings (SSSR count). The first kappa shape index (κ1) is 14.9. The average molecular weight is 384 g/mol. The van der Waals surface area contributed by atoms with Gasteiger partial charge in [0, 0.05) is 16.7 Å². The molecule has 0 heterocycles. The second-order valence-corrected chi connectivity index (χ2v) is 5.44. The van der Waals surface area contributed by atoms with Gasteiger partial charge in [0.05, 0.1) is 5.56 Å². The van der Waals surface area contributed by atoms with E-state index in [0.717, 1.165) is 11.1 Å². The molecular formula is C15H14FIN2O. The van der Waals surface area contributed by atoms with E-state index in [0.29, 0.717) is 22.2 Å². The van der Waals surface area contributed by atoms with Gasteiger partial charge in [0.15, 0.2) is 0 Å². The number of hydrogen-bond acceptors (Lipinski definition) is 2. The molecule has 0 aromatic heterocycles. The second kappa shape index (κ2) is 6.81. The van der Waals surface area contributed by atoms with Crippen molar-refractivity contribution in [2.45, 2.75) is 13.1 Å². The van der Waals surface area contributed by atoms with Crippen molar-refractivity contribution in [1.82, 2.24) is 5.32 Å². The Hall–Kier alpha value is -1.47. The van der Waals surface area contributed by atoms with E-state index in [4.69, 9.17) is 5.73 Å². The predicted molar refractivity (Wildman–Crippen MR) is 84.6 cm³/mol. The molecule has 2 aromatic rings. The lowest BCUT2D eigenvalue weighted by Crippen LogP contribution is -2.24. The molecular weight excluding hydrogens is 370 g/mol. The summed E-state index contributed by atoms with van der Waals surface area (Å²) < 4.78 is 13.6. The van der Waals surface area contributed by atoms with Crippen LogP contribution in [0.25, 0.3) is 0 Å². The van der Waals surface area contributed by atoms with Gasteiger partial charge in [-0.1, -0.05) is 24.3 Å². The van der Waals surface area contributed by atoms with E-state index in [-0.39, 0.29) is 11.7 Å². The van der Waals surface area contributed by atoms with Crippen molar-refractivity contribution in [3.63, 3.8) is 0 Å². The summed E-state index contributed by atoms with van der Waals surface area (Å²) in [7, 11) is 0. The van der Waals surface area contributed by atoms with Crippen LogP contribution in [0.1, 0.15) is 21.5 Å². The van der Waals surface area contributed by atoms with Crippen molar-refractivity contribution >= 4 is 28.5 Å². The summed E-state index contributed by atoms with van der Waals surface area (Å²) in [6.45, 7) is 0.833. The van der Waals surface area contributed by atoms with Crippen molar-refractivity contribution in [2.24, 2.45) is 5.73 Å². The zero-order chi connectivity index (χ0) is 14.5. The first-order valence-corrected chi connectivity index (χ1v) is 7.20. The Kier molecular flexibility index (Phi) is 5.08. The Labute approximate surface area is 130 Å². The first-order valence-electron chi connectivity index (χ1n) is 6.12. The molecule has 5 heteroatoms. The third-order valence-electron chi connectivity index (χ3n) is 2.95. The minimum absolute atomic E-state index is 0.221. The highest BCUT2D eigenvalue weighted by molar-refractivity contribution is 14.1. The van der Waals surface area contributed by atoms with Crippen LogP contribution in [-0.4, -0.2) is 5.91 Å². The number of nitrogens with two attached hydrogens (primary N) is 1. The number of benzene rings is 2. The average Bonchev–Trinajstić information content (AvgIpc) is 2.45. The number of hydrogen-bond donors (Lipinski definition) is 2. The lowest BCUT2D eigenvalue weighted by molar-refractivity contribution is 0.0950. The number of halogens is 2. The molecule has 20 heavy (non-hydrogen) atoms. The Bertz CT molecular complexity index is 631. The fourth-order valence-electron chi connectivity index (χ4n) is 1.87. The maximum absolute atomic E-state index is 13.0. The Morgan fingerprint density at radius 3 is 2.55 bits per heavy atom. The van der Waals surface area contributed by atoms with Crippen LogP contribution in [0.3, 0.4) is 0 Å². The summed E-state index contributed by atoms with van der Waals surface area (Å²) in [4.78, 5) is 12.1. The van der Waals surface area contributed by atoms with Gasteiger partial charge in [-0.2, -0.15) is 0 Å². The quantitative estimate of drug-likeness (QED) is 0.797. The summed E-state index contributed by atoms with van der Waals surface area (Å²) in [6.07, 6.45) is 0. The summed E-state index contributed by atoms with van der Waals surface area (Å²) in [5, 5.41) is 2.83. The molecule has 0 aliphatic heterocycles. The van der Waals surface area contributed by atoms with Crippen molar-refractivity contribution in [2.75, 3.05) is 0 Å². The summed E-state index contributed by atoms with van der Waals surface area (Å²) in [5.41, 5.74) is 8.11. The lowest BCUT2D eigenvalue weighted by Gasteiger charge is -2.10. The Balaban J connectivity index is 2.09. The Morgan fingerprint density at radius 2 is 1.90 bits per heavy atom. The smallest absolute Gasteiger partial charge is 0.252 e. The van der Waals surface area contributed by atoms with E-state index in [1.165, 1.54) is 18.2 Å². The minimum Gasteiger partial charge on any atom is -0.348 e. The Morgan fingerprint density at radius 1 is 1.20 bits per heavy atom. The molecule has 1 amide bonds. The van der Waals surface area contributed by atoms with Gasteiger partial charge >= 0.3 is 0 Å². The molecule has 3 N–H and O–H groups in total. The van der Waals surface area contributed by atoms with Gasteiger partial charge in [0.25, 0.3) is 5.91 Å². The highest BCUT2D eigenvalue weighted by atomic mass is 127. The maximum Gasteiger partial charge on any atom is 0.252 e. The first-order chi connectivity index (χ1) is 9.61. The zero-order valence-electron chi connectivity index (χ0n) is 10.7. The maximum atomic E-state index is 13.0. The van der Waals surface area contributed by atoms with Gasteiger partial charge in [-0.15, -0.1) is 0 Å². The fraction of sp³-hybridized carbons (Fsp3) is 0.133. The molecule has 0 unspecified atom stereocenters. The minimum atomic E-state index is -0.348. The summed E-state index contributed by atoms with van der Waals surface area (Å²) in [6, 6.07) is 11.8. The van der Waals surface area contributed by atoms with Crippen molar-refractivity contribution in [3.8, 4) is 0 Å². The summed E-state index contributed by atoms with van der Waals surface area (Å²) >= 11 is 1.95. The van der Waals surface area contributed by atoms with Crippen LogP contribution >= 0.6 is 22.6 Å². The molecule has 0 spiro atoms. The SMILES string of the molecule is NCc1ccccc1CNC(=O)c1ccc(F)cc1I. The van der Waals surface area contributed by atoms with E-state index in [9.17, 15) is 9.18 Å². The van der Waals surface area contributed by atoms with Gasteiger partial charge in [-0.3, -0.25) is 4.79 Å². The molecule has 0 bridgehead atoms. The fourth-order valence-corrected chi connectivity index (χ4v) is 2.60. The van der Waals surface area contributed by atoms with Gasteiger partial charge in [-0.25, -0.2) is 4.39 Å². The van der Waals surface area contributed by atoms with Gasteiger partial charge < -0.3 is 11.1 Å². The van der Waals surface area contributed by atoms with Gasteiger partial charge in [0.1, 0.15) is 5.82 Å². The second-order valence-electron chi connectivity index (χ2n) is 4.28. The topological polar surface area (TPSA) is 55.1 Å². The molecule has 2 aromatic carbocycles. The van der Waals surface area contributed by atoms with E-state index in [2.05, 4.69) is 5.32 Å². The third kappa shape index (κ3) is 3.55. The monoisotopic (exact) mass is 384 g/mol. The third-order valence-corrected chi connectivity index (χ3v) is 3.85. The van der Waals surface area contributed by atoms with Crippen molar-refractivity contribution in [3.05, 3.63) is 68.5 Å². The van der Waals surface area contributed by atoms with E-state index in [1.54, 1.807) is 0 Å².